The van der Waals surface area contributed by atoms with Gasteiger partial charge in [0.15, 0.2) is 16.7 Å². The molecule has 0 saturated heterocycles. The van der Waals surface area contributed by atoms with Crippen LogP contribution in [-0.4, -0.2) is 39.6 Å². The summed E-state index contributed by atoms with van der Waals surface area (Å²) in [5.74, 6) is 2.76. The Kier molecular flexibility index (Phi) is 7.35. The van der Waals surface area contributed by atoms with Gasteiger partial charge in [0.1, 0.15) is 12.4 Å². The number of furan rings is 1. The Bertz CT molecular complexity index is 922. The minimum Gasteiger partial charge on any atom is -0.492 e. The van der Waals surface area contributed by atoms with Crippen LogP contribution < -0.4 is 10.1 Å². The van der Waals surface area contributed by atoms with Crippen molar-refractivity contribution >= 4 is 17.7 Å². The van der Waals surface area contributed by atoms with Gasteiger partial charge in [-0.1, -0.05) is 37.7 Å². The van der Waals surface area contributed by atoms with E-state index >= 15 is 0 Å². The van der Waals surface area contributed by atoms with Crippen molar-refractivity contribution in [1.29, 1.82) is 0 Å². The van der Waals surface area contributed by atoms with Gasteiger partial charge in [-0.05, 0) is 42.7 Å². The smallest absolute Gasteiger partial charge is 0.230 e. The second-order valence-electron chi connectivity index (χ2n) is 7.09. The molecule has 0 fully saturated rings. The highest BCUT2D eigenvalue weighted by Gasteiger charge is 2.18. The van der Waals surface area contributed by atoms with Gasteiger partial charge in [0, 0.05) is 6.54 Å². The lowest BCUT2D eigenvalue weighted by atomic mass is 10.2. The third kappa shape index (κ3) is 6.12. The zero-order valence-corrected chi connectivity index (χ0v) is 17.7. The highest BCUT2D eigenvalue weighted by molar-refractivity contribution is 7.99. The lowest BCUT2D eigenvalue weighted by Crippen LogP contribution is -2.29. The Balaban J connectivity index is 1.49. The summed E-state index contributed by atoms with van der Waals surface area (Å²) in [7, 11) is 0. The van der Waals surface area contributed by atoms with Crippen molar-refractivity contribution in [2.75, 3.05) is 18.9 Å². The second-order valence-corrected chi connectivity index (χ2v) is 8.03. The Labute approximate surface area is 174 Å². The third-order valence-corrected chi connectivity index (χ3v) is 4.99. The largest absolute Gasteiger partial charge is 0.492 e. The molecule has 2 aromatic heterocycles. The van der Waals surface area contributed by atoms with E-state index < -0.39 is 0 Å². The van der Waals surface area contributed by atoms with E-state index in [0.29, 0.717) is 35.8 Å². The molecule has 154 valence electrons. The van der Waals surface area contributed by atoms with Crippen LogP contribution >= 0.6 is 11.8 Å². The van der Waals surface area contributed by atoms with E-state index in [0.717, 1.165) is 17.9 Å². The number of hydrogen-bond acceptors (Lipinski definition) is 6. The molecule has 0 saturated carbocycles. The van der Waals surface area contributed by atoms with Gasteiger partial charge >= 0.3 is 0 Å². The average molecular weight is 415 g/mol. The minimum absolute atomic E-state index is 0.0681. The molecule has 0 atom stereocenters. The van der Waals surface area contributed by atoms with E-state index in [9.17, 15) is 4.79 Å². The maximum absolute atomic E-state index is 12.2. The van der Waals surface area contributed by atoms with Gasteiger partial charge < -0.3 is 14.5 Å². The number of amides is 1. The summed E-state index contributed by atoms with van der Waals surface area (Å²) in [6.45, 7) is 7.89. The molecule has 1 amide bonds. The molecule has 0 aliphatic heterocycles. The van der Waals surface area contributed by atoms with Gasteiger partial charge in [-0.15, -0.1) is 10.2 Å². The number of nitrogens with zero attached hydrogens (tertiary/aromatic N) is 3. The first-order valence-electron chi connectivity index (χ1n) is 9.59. The molecule has 1 N–H and O–H groups in total. The van der Waals surface area contributed by atoms with E-state index in [4.69, 9.17) is 9.15 Å². The zero-order chi connectivity index (χ0) is 20.6. The van der Waals surface area contributed by atoms with Crippen LogP contribution in [0.1, 0.15) is 19.4 Å². The van der Waals surface area contributed by atoms with E-state index in [1.807, 2.05) is 47.9 Å². The third-order valence-electron chi connectivity index (χ3n) is 4.02. The summed E-state index contributed by atoms with van der Waals surface area (Å²) < 4.78 is 13.1. The molecule has 0 aliphatic rings. The van der Waals surface area contributed by atoms with Crippen LogP contribution in [0.15, 0.2) is 52.2 Å². The molecule has 2 heterocycles. The Morgan fingerprint density at radius 3 is 2.86 bits per heavy atom. The average Bonchev–Trinajstić information content (AvgIpc) is 3.33. The topological polar surface area (TPSA) is 82.2 Å². The molecule has 7 nitrogen and oxygen atoms in total. The van der Waals surface area contributed by atoms with Crippen LogP contribution in [0.3, 0.4) is 0 Å². The Morgan fingerprint density at radius 2 is 2.14 bits per heavy atom. The number of thioether (sulfide) groups is 1. The zero-order valence-electron chi connectivity index (χ0n) is 16.9. The maximum atomic E-state index is 12.2. The van der Waals surface area contributed by atoms with Crippen molar-refractivity contribution in [3.63, 3.8) is 0 Å². The number of nitrogens with one attached hydrogen (secondary N) is 1. The van der Waals surface area contributed by atoms with Gasteiger partial charge in [-0.3, -0.25) is 9.36 Å². The van der Waals surface area contributed by atoms with Gasteiger partial charge in [0.05, 0.1) is 18.6 Å². The van der Waals surface area contributed by atoms with Crippen LogP contribution in [0.5, 0.6) is 5.75 Å². The molecule has 0 radical (unpaired) electrons. The first kappa shape index (κ1) is 21.0. The maximum Gasteiger partial charge on any atom is 0.230 e. The van der Waals surface area contributed by atoms with Crippen molar-refractivity contribution in [2.24, 2.45) is 5.92 Å². The first-order valence-corrected chi connectivity index (χ1v) is 10.6. The van der Waals surface area contributed by atoms with Crippen LogP contribution in [0.2, 0.25) is 0 Å². The second kappa shape index (κ2) is 10.2. The monoisotopic (exact) mass is 414 g/mol. The summed E-state index contributed by atoms with van der Waals surface area (Å²) in [4.78, 5) is 12.2. The summed E-state index contributed by atoms with van der Waals surface area (Å²) in [5.41, 5.74) is 1.14. The van der Waals surface area contributed by atoms with E-state index in [2.05, 4.69) is 29.4 Å². The van der Waals surface area contributed by atoms with Crippen molar-refractivity contribution in [1.82, 2.24) is 20.1 Å². The van der Waals surface area contributed by atoms with Gasteiger partial charge in [0.25, 0.3) is 0 Å². The Hall–Kier alpha value is -2.74. The van der Waals surface area contributed by atoms with Crippen LogP contribution in [-0.2, 0) is 11.3 Å². The molecule has 1 aromatic carbocycles. The number of ether oxygens (including phenoxy) is 1. The number of benzene rings is 1. The first-order chi connectivity index (χ1) is 14.0. The molecule has 0 unspecified atom stereocenters. The molecule has 3 rings (SSSR count). The van der Waals surface area contributed by atoms with Gasteiger partial charge in [-0.25, -0.2) is 0 Å². The normalized spacial score (nSPS) is 11.0. The fourth-order valence-electron chi connectivity index (χ4n) is 2.76. The lowest BCUT2D eigenvalue weighted by molar-refractivity contribution is -0.118. The molecule has 0 bridgehead atoms. The standard InChI is InChI=1S/C21H26N4O3S/c1-15(2)13-25-20(18-8-5-10-28-18)23-24-21(25)29-14-19(26)22-9-11-27-17-7-4-6-16(3)12-17/h4-8,10,12,15H,9,11,13-14H2,1-3H3,(H,22,26). The number of rotatable bonds is 10. The predicted octanol–water partition coefficient (Wildman–Crippen LogP) is 3.79. The van der Waals surface area contributed by atoms with Crippen molar-refractivity contribution in [3.8, 4) is 17.3 Å². The molecule has 0 spiro atoms. The molecular weight excluding hydrogens is 388 g/mol. The molecule has 29 heavy (non-hydrogen) atoms. The summed E-state index contributed by atoms with van der Waals surface area (Å²) in [5, 5.41) is 12.1. The van der Waals surface area contributed by atoms with E-state index in [1.165, 1.54) is 11.8 Å². The minimum atomic E-state index is -0.0681. The molecule has 0 aliphatic carbocycles. The lowest BCUT2D eigenvalue weighted by Gasteiger charge is -2.11. The van der Waals surface area contributed by atoms with Crippen molar-refractivity contribution in [3.05, 3.63) is 48.2 Å². The number of carbonyl (C=O) groups excluding carboxylic acids is 1. The fourth-order valence-corrected chi connectivity index (χ4v) is 3.54. The SMILES string of the molecule is Cc1cccc(OCCNC(=O)CSc2nnc(-c3ccco3)n2CC(C)C)c1. The highest BCUT2D eigenvalue weighted by Crippen LogP contribution is 2.25. The predicted molar refractivity (Wildman–Crippen MR) is 113 cm³/mol. The fraction of sp³-hybridized carbons (Fsp3) is 0.381. The van der Waals surface area contributed by atoms with Gasteiger partial charge in [0.2, 0.25) is 5.91 Å². The van der Waals surface area contributed by atoms with E-state index in [1.54, 1.807) is 6.26 Å². The number of carbonyl (C=O) groups is 1. The number of aromatic nitrogens is 3. The Morgan fingerprint density at radius 1 is 1.28 bits per heavy atom. The summed E-state index contributed by atoms with van der Waals surface area (Å²) in [6.07, 6.45) is 1.61. The number of hydrogen-bond donors (Lipinski definition) is 1. The van der Waals surface area contributed by atoms with Crippen molar-refractivity contribution in [2.45, 2.75) is 32.5 Å². The van der Waals surface area contributed by atoms with E-state index in [-0.39, 0.29) is 11.7 Å². The van der Waals surface area contributed by atoms with Crippen LogP contribution in [0.4, 0.5) is 0 Å². The van der Waals surface area contributed by atoms with Crippen molar-refractivity contribution < 1.29 is 13.9 Å². The quantitative estimate of drug-likeness (QED) is 0.401. The molecule has 3 aromatic rings. The van der Waals surface area contributed by atoms with Crippen LogP contribution in [0, 0.1) is 12.8 Å². The number of aryl methyl sites for hydroxylation is 1. The summed E-state index contributed by atoms with van der Waals surface area (Å²) >= 11 is 1.37. The molecular formula is C21H26N4O3S. The molecule has 8 heteroatoms. The van der Waals surface area contributed by atoms with Gasteiger partial charge in [-0.2, -0.15) is 0 Å². The highest BCUT2D eigenvalue weighted by atomic mass is 32.2. The summed E-state index contributed by atoms with van der Waals surface area (Å²) in [6, 6.07) is 11.5. The van der Waals surface area contributed by atoms with Crippen LogP contribution in [0.25, 0.3) is 11.6 Å².